The third-order valence-electron chi connectivity index (χ3n) is 3.42. The minimum atomic E-state index is 0.585. The molecule has 0 aliphatic carbocycles. The quantitative estimate of drug-likeness (QED) is 0.677. The molecule has 0 aliphatic heterocycles. The Balaban J connectivity index is 2.16. The van der Waals surface area contributed by atoms with E-state index in [1.807, 2.05) is 11.6 Å². The first-order valence-electron chi connectivity index (χ1n) is 6.74. The van der Waals surface area contributed by atoms with Crippen molar-refractivity contribution in [2.24, 2.45) is 0 Å². The van der Waals surface area contributed by atoms with Gasteiger partial charge in [0.2, 0.25) is 0 Å². The van der Waals surface area contributed by atoms with E-state index in [0.29, 0.717) is 5.88 Å². The standard InChI is InChI=1S/C14H17ClN4S/c1-3-19-14-13(10(2)17-19)16-12(4-6-15)18(14)8-11-5-7-20-9-11/h5,7,9H,3-4,6,8H2,1-2H3. The van der Waals surface area contributed by atoms with Crippen molar-refractivity contribution in [2.45, 2.75) is 33.4 Å². The van der Waals surface area contributed by atoms with E-state index in [1.54, 1.807) is 11.3 Å². The number of aromatic nitrogens is 4. The van der Waals surface area contributed by atoms with Crippen LogP contribution >= 0.6 is 22.9 Å². The van der Waals surface area contributed by atoms with Gasteiger partial charge in [-0.25, -0.2) is 9.67 Å². The average Bonchev–Trinajstić information content (AvgIpc) is 3.12. The lowest BCUT2D eigenvalue weighted by molar-refractivity contribution is 0.635. The molecule has 0 saturated heterocycles. The summed E-state index contributed by atoms with van der Waals surface area (Å²) >= 11 is 7.64. The van der Waals surface area contributed by atoms with Crippen LogP contribution in [-0.2, 0) is 19.5 Å². The molecule has 0 aromatic carbocycles. The van der Waals surface area contributed by atoms with Crippen molar-refractivity contribution in [1.29, 1.82) is 0 Å². The van der Waals surface area contributed by atoms with Gasteiger partial charge < -0.3 is 4.57 Å². The highest BCUT2D eigenvalue weighted by Gasteiger charge is 2.18. The van der Waals surface area contributed by atoms with E-state index in [0.717, 1.165) is 42.2 Å². The summed E-state index contributed by atoms with van der Waals surface area (Å²) in [5.74, 6) is 1.63. The van der Waals surface area contributed by atoms with Crippen LogP contribution in [0.5, 0.6) is 0 Å². The molecule has 106 valence electrons. The summed E-state index contributed by atoms with van der Waals surface area (Å²) in [5.41, 5.74) is 4.40. The fourth-order valence-corrected chi connectivity index (χ4v) is 3.33. The highest BCUT2D eigenvalue weighted by molar-refractivity contribution is 7.07. The summed E-state index contributed by atoms with van der Waals surface area (Å²) in [6, 6.07) is 2.15. The zero-order valence-corrected chi connectivity index (χ0v) is 13.2. The summed E-state index contributed by atoms with van der Waals surface area (Å²) in [6.45, 7) is 5.80. The Bertz CT molecular complexity index is 711. The second kappa shape index (κ2) is 5.58. The highest BCUT2D eigenvalue weighted by atomic mass is 35.5. The van der Waals surface area contributed by atoms with Crippen LogP contribution in [0.1, 0.15) is 24.0 Å². The van der Waals surface area contributed by atoms with Gasteiger partial charge in [-0.15, -0.1) is 11.6 Å². The summed E-state index contributed by atoms with van der Waals surface area (Å²) < 4.78 is 4.28. The number of thiophene rings is 1. The fraction of sp³-hybridized carbons (Fsp3) is 0.429. The van der Waals surface area contributed by atoms with Crippen molar-refractivity contribution < 1.29 is 0 Å². The molecule has 0 amide bonds. The van der Waals surface area contributed by atoms with Crippen LogP contribution in [0.4, 0.5) is 0 Å². The Hall–Kier alpha value is -1.33. The average molecular weight is 309 g/mol. The molecule has 3 heterocycles. The largest absolute Gasteiger partial charge is 0.308 e. The van der Waals surface area contributed by atoms with Gasteiger partial charge in [0.15, 0.2) is 5.65 Å². The topological polar surface area (TPSA) is 35.6 Å². The smallest absolute Gasteiger partial charge is 0.159 e. The van der Waals surface area contributed by atoms with E-state index in [9.17, 15) is 0 Å². The molecule has 3 rings (SSSR count). The van der Waals surface area contributed by atoms with Crippen molar-refractivity contribution in [3.8, 4) is 0 Å². The molecule has 0 N–H and O–H groups in total. The number of aryl methyl sites for hydroxylation is 3. The van der Waals surface area contributed by atoms with Crippen molar-refractivity contribution in [1.82, 2.24) is 19.3 Å². The lowest BCUT2D eigenvalue weighted by atomic mass is 10.3. The molecule has 3 aromatic rings. The van der Waals surface area contributed by atoms with E-state index in [1.165, 1.54) is 5.56 Å². The predicted octanol–water partition coefficient (Wildman–Crippen LogP) is 3.45. The number of hydrogen-bond donors (Lipinski definition) is 0. The zero-order chi connectivity index (χ0) is 14.1. The molecule has 0 atom stereocenters. The van der Waals surface area contributed by atoms with Gasteiger partial charge in [0.25, 0.3) is 0 Å². The number of alkyl halides is 1. The molecule has 20 heavy (non-hydrogen) atoms. The molecule has 0 saturated carbocycles. The van der Waals surface area contributed by atoms with Crippen molar-refractivity contribution in [3.63, 3.8) is 0 Å². The van der Waals surface area contributed by atoms with Gasteiger partial charge in [-0.1, -0.05) is 0 Å². The first-order chi connectivity index (χ1) is 9.74. The second-order valence-corrected chi connectivity index (χ2v) is 5.92. The minimum Gasteiger partial charge on any atom is -0.308 e. The first kappa shape index (κ1) is 13.6. The molecule has 0 fully saturated rings. The number of halogens is 1. The number of hydrogen-bond acceptors (Lipinski definition) is 3. The highest BCUT2D eigenvalue weighted by Crippen LogP contribution is 2.22. The monoisotopic (exact) mass is 308 g/mol. The molecule has 0 radical (unpaired) electrons. The number of rotatable bonds is 5. The van der Waals surface area contributed by atoms with Crippen LogP contribution in [0.25, 0.3) is 11.2 Å². The normalized spacial score (nSPS) is 11.6. The van der Waals surface area contributed by atoms with E-state index in [4.69, 9.17) is 16.6 Å². The molecular formula is C14H17ClN4S. The maximum absolute atomic E-state index is 5.92. The molecule has 0 spiro atoms. The second-order valence-electron chi connectivity index (χ2n) is 4.76. The third kappa shape index (κ3) is 2.25. The summed E-state index contributed by atoms with van der Waals surface area (Å²) in [7, 11) is 0. The Morgan fingerprint density at radius 3 is 2.90 bits per heavy atom. The van der Waals surface area contributed by atoms with Crippen LogP contribution in [0, 0.1) is 6.92 Å². The Morgan fingerprint density at radius 1 is 1.40 bits per heavy atom. The SMILES string of the molecule is CCn1nc(C)c2nc(CCCl)n(Cc3ccsc3)c21. The summed E-state index contributed by atoms with van der Waals surface area (Å²) in [4.78, 5) is 4.75. The van der Waals surface area contributed by atoms with Crippen molar-refractivity contribution in [2.75, 3.05) is 5.88 Å². The zero-order valence-electron chi connectivity index (χ0n) is 11.6. The van der Waals surface area contributed by atoms with Crippen LogP contribution in [0.15, 0.2) is 16.8 Å². The summed E-state index contributed by atoms with van der Waals surface area (Å²) in [6.07, 6.45) is 0.781. The van der Waals surface area contributed by atoms with Gasteiger partial charge >= 0.3 is 0 Å². The molecular weight excluding hydrogens is 292 g/mol. The van der Waals surface area contributed by atoms with Crippen LogP contribution in [0.2, 0.25) is 0 Å². The summed E-state index contributed by atoms with van der Waals surface area (Å²) in [5, 5.41) is 8.84. The number of nitrogens with zero attached hydrogens (tertiary/aromatic N) is 4. The Morgan fingerprint density at radius 2 is 2.25 bits per heavy atom. The first-order valence-corrected chi connectivity index (χ1v) is 8.21. The van der Waals surface area contributed by atoms with Crippen LogP contribution < -0.4 is 0 Å². The van der Waals surface area contributed by atoms with Crippen molar-refractivity contribution in [3.05, 3.63) is 33.9 Å². The van der Waals surface area contributed by atoms with Crippen LogP contribution in [0.3, 0.4) is 0 Å². The number of imidazole rings is 1. The van der Waals surface area contributed by atoms with E-state index in [2.05, 4.69) is 33.4 Å². The lowest BCUT2D eigenvalue weighted by Crippen LogP contribution is -2.10. The maximum atomic E-state index is 5.92. The Kier molecular flexibility index (Phi) is 3.81. The van der Waals surface area contributed by atoms with E-state index in [-0.39, 0.29) is 0 Å². The van der Waals surface area contributed by atoms with Gasteiger partial charge in [-0.3, -0.25) is 0 Å². The van der Waals surface area contributed by atoms with Gasteiger partial charge in [-0.05, 0) is 36.2 Å². The van der Waals surface area contributed by atoms with Gasteiger partial charge in [0.1, 0.15) is 11.3 Å². The number of fused-ring (bicyclic) bond motifs is 1. The third-order valence-corrected chi connectivity index (χ3v) is 4.34. The van der Waals surface area contributed by atoms with Gasteiger partial charge in [0, 0.05) is 18.8 Å². The molecule has 3 aromatic heterocycles. The minimum absolute atomic E-state index is 0.585. The molecule has 0 unspecified atom stereocenters. The molecule has 6 heteroatoms. The van der Waals surface area contributed by atoms with E-state index >= 15 is 0 Å². The fourth-order valence-electron chi connectivity index (χ4n) is 2.50. The molecule has 0 bridgehead atoms. The van der Waals surface area contributed by atoms with Crippen molar-refractivity contribution >= 4 is 34.1 Å². The maximum Gasteiger partial charge on any atom is 0.159 e. The molecule has 0 aliphatic rings. The molecule has 4 nitrogen and oxygen atoms in total. The van der Waals surface area contributed by atoms with E-state index < -0.39 is 0 Å². The predicted molar refractivity (Wildman–Crippen MR) is 83.8 cm³/mol. The van der Waals surface area contributed by atoms with Crippen LogP contribution in [-0.4, -0.2) is 25.2 Å². The Labute approximate surface area is 127 Å². The van der Waals surface area contributed by atoms with Gasteiger partial charge in [0.05, 0.1) is 12.2 Å². The van der Waals surface area contributed by atoms with Gasteiger partial charge in [-0.2, -0.15) is 16.4 Å². The lowest BCUT2D eigenvalue weighted by Gasteiger charge is -2.08.